The second-order valence-corrected chi connectivity index (χ2v) is 3.05. The minimum absolute atomic E-state index is 0.731. The van der Waals surface area contributed by atoms with Gasteiger partial charge in [0.2, 0.25) is 0 Å². The molecule has 0 aromatic carbocycles. The van der Waals surface area contributed by atoms with Gasteiger partial charge in [-0.25, -0.2) is 9.66 Å². The summed E-state index contributed by atoms with van der Waals surface area (Å²) in [6.07, 6.45) is 3.34. The quantitative estimate of drug-likeness (QED) is 0.522. The van der Waals surface area contributed by atoms with Crippen LogP contribution >= 0.6 is 0 Å². The van der Waals surface area contributed by atoms with Gasteiger partial charge in [0.1, 0.15) is 11.4 Å². The van der Waals surface area contributed by atoms with E-state index in [2.05, 4.69) is 15.2 Å². The Morgan fingerprint density at radius 2 is 2.29 bits per heavy atom. The second kappa shape index (κ2) is 2.41. The lowest BCUT2D eigenvalue weighted by molar-refractivity contribution is 1.02. The van der Waals surface area contributed by atoms with Crippen molar-refractivity contribution in [2.45, 2.75) is 0 Å². The first-order valence-electron chi connectivity index (χ1n) is 4.19. The Morgan fingerprint density at radius 3 is 3.21 bits per heavy atom. The molecule has 2 aliphatic heterocycles. The summed E-state index contributed by atoms with van der Waals surface area (Å²) in [5.41, 5.74) is 2.30. The monoisotopic (exact) mass is 185 g/mol. The van der Waals surface area contributed by atoms with Crippen LogP contribution in [0.2, 0.25) is 0 Å². The molecule has 0 saturated heterocycles. The minimum atomic E-state index is 0.731. The van der Waals surface area contributed by atoms with Crippen molar-refractivity contribution in [1.82, 2.24) is 19.9 Å². The van der Waals surface area contributed by atoms with Gasteiger partial charge in [-0.1, -0.05) is 0 Å². The molecule has 0 amide bonds. The summed E-state index contributed by atoms with van der Waals surface area (Å²) < 4.78 is 1.50. The molecule has 2 aliphatic rings. The first kappa shape index (κ1) is 7.25. The molecule has 3 rings (SSSR count). The Labute approximate surface area is 79.5 Å². The summed E-state index contributed by atoms with van der Waals surface area (Å²) in [7, 11) is 0. The van der Waals surface area contributed by atoms with Gasteiger partial charge in [-0.3, -0.25) is 0 Å². The van der Waals surface area contributed by atoms with Crippen LogP contribution in [0, 0.1) is 0 Å². The van der Waals surface area contributed by atoms with Crippen molar-refractivity contribution in [2.24, 2.45) is 0 Å². The molecule has 14 heavy (non-hydrogen) atoms. The van der Waals surface area contributed by atoms with Gasteiger partial charge in [0.05, 0.1) is 6.20 Å². The van der Waals surface area contributed by atoms with Crippen molar-refractivity contribution in [2.75, 3.05) is 5.84 Å². The van der Waals surface area contributed by atoms with Crippen LogP contribution in [0.4, 0.5) is 0 Å². The highest BCUT2D eigenvalue weighted by Gasteiger charge is 2.11. The number of hydrogen-bond acceptors (Lipinski definition) is 4. The van der Waals surface area contributed by atoms with E-state index in [1.807, 2.05) is 18.2 Å². The third-order valence-corrected chi connectivity index (χ3v) is 2.20. The average Bonchev–Trinajstić information content (AvgIpc) is 2.66. The first-order chi connectivity index (χ1) is 6.86. The zero-order chi connectivity index (χ0) is 9.54. The highest BCUT2D eigenvalue weighted by molar-refractivity contribution is 5.82. The Morgan fingerprint density at radius 1 is 1.36 bits per heavy atom. The van der Waals surface area contributed by atoms with Crippen molar-refractivity contribution in [3.63, 3.8) is 0 Å². The van der Waals surface area contributed by atoms with E-state index in [1.165, 1.54) is 4.68 Å². The van der Waals surface area contributed by atoms with E-state index in [9.17, 15) is 0 Å². The molecule has 0 aliphatic carbocycles. The fraction of sp³-hybridized carbons (Fsp3) is 0. The number of nitrogen functional groups attached to an aromatic ring is 1. The van der Waals surface area contributed by atoms with Gasteiger partial charge in [-0.2, -0.15) is 5.10 Å². The average molecular weight is 185 g/mol. The van der Waals surface area contributed by atoms with Crippen LogP contribution in [-0.4, -0.2) is 19.9 Å². The van der Waals surface area contributed by atoms with Gasteiger partial charge < -0.3 is 5.84 Å². The Kier molecular flexibility index (Phi) is 1.25. The molecule has 1 aromatic heterocycles. The SMILES string of the molecule is Nn1c2cnnc-2cc2cccnc21. The minimum Gasteiger partial charge on any atom is -0.337 e. The van der Waals surface area contributed by atoms with Crippen LogP contribution in [0.1, 0.15) is 0 Å². The molecule has 0 spiro atoms. The molecule has 0 fully saturated rings. The van der Waals surface area contributed by atoms with Gasteiger partial charge >= 0.3 is 0 Å². The van der Waals surface area contributed by atoms with Gasteiger partial charge in [0.15, 0.2) is 5.65 Å². The number of rotatable bonds is 0. The second-order valence-electron chi connectivity index (χ2n) is 3.05. The summed E-state index contributed by atoms with van der Waals surface area (Å²) in [6.45, 7) is 0. The van der Waals surface area contributed by atoms with E-state index < -0.39 is 0 Å². The van der Waals surface area contributed by atoms with Crippen LogP contribution in [-0.2, 0) is 0 Å². The number of nitrogens with two attached hydrogens (primary N) is 1. The van der Waals surface area contributed by atoms with E-state index in [-0.39, 0.29) is 0 Å². The third-order valence-electron chi connectivity index (χ3n) is 2.20. The Bertz CT molecular complexity index is 571. The summed E-state index contributed by atoms with van der Waals surface area (Å²) in [6, 6.07) is 5.73. The Hall–Kier alpha value is -2.17. The van der Waals surface area contributed by atoms with E-state index in [1.54, 1.807) is 12.4 Å². The molecule has 3 heterocycles. The predicted octanol–water partition coefficient (Wildman–Crippen LogP) is 0.645. The molecule has 0 unspecified atom stereocenters. The molecule has 0 radical (unpaired) electrons. The topological polar surface area (TPSA) is 69.6 Å². The van der Waals surface area contributed by atoms with Crippen molar-refractivity contribution < 1.29 is 0 Å². The molecule has 5 nitrogen and oxygen atoms in total. The van der Waals surface area contributed by atoms with Crippen molar-refractivity contribution in [1.29, 1.82) is 0 Å². The summed E-state index contributed by atoms with van der Waals surface area (Å²) in [4.78, 5) is 4.19. The molecular formula is C9H7N5. The molecule has 0 bridgehead atoms. The van der Waals surface area contributed by atoms with Gasteiger partial charge in [-0.15, -0.1) is 5.10 Å². The maximum Gasteiger partial charge on any atom is 0.158 e. The smallest absolute Gasteiger partial charge is 0.158 e. The fourth-order valence-electron chi connectivity index (χ4n) is 1.54. The maximum absolute atomic E-state index is 5.87. The highest BCUT2D eigenvalue weighted by Crippen LogP contribution is 2.22. The van der Waals surface area contributed by atoms with Crippen molar-refractivity contribution in [3.8, 4) is 11.4 Å². The standard InChI is InChI=1S/C9H7N5/c10-14-8-5-12-13-7(8)4-6-2-1-3-11-9(6)14/h1-5H,10H2. The molecule has 5 heteroatoms. The van der Waals surface area contributed by atoms with Crippen LogP contribution in [0.5, 0.6) is 0 Å². The predicted molar refractivity (Wildman–Crippen MR) is 52.1 cm³/mol. The van der Waals surface area contributed by atoms with E-state index in [4.69, 9.17) is 5.84 Å². The third kappa shape index (κ3) is 0.806. The zero-order valence-corrected chi connectivity index (χ0v) is 7.25. The highest BCUT2D eigenvalue weighted by atomic mass is 15.3. The van der Waals surface area contributed by atoms with Crippen LogP contribution < -0.4 is 5.84 Å². The van der Waals surface area contributed by atoms with Crippen molar-refractivity contribution >= 4 is 11.0 Å². The van der Waals surface area contributed by atoms with Crippen LogP contribution in [0.15, 0.2) is 30.6 Å². The van der Waals surface area contributed by atoms with E-state index in [0.717, 1.165) is 22.4 Å². The molecule has 0 atom stereocenters. The number of fused-ring (bicyclic) bond motifs is 2. The molecule has 1 aromatic rings. The molecule has 68 valence electrons. The lowest BCUT2D eigenvalue weighted by Crippen LogP contribution is -2.13. The first-order valence-corrected chi connectivity index (χ1v) is 4.19. The summed E-state index contributed by atoms with van der Waals surface area (Å²) in [5.74, 6) is 5.87. The number of aromatic nitrogens is 4. The molecule has 2 N–H and O–H groups in total. The maximum atomic E-state index is 5.87. The number of hydrogen-bond donors (Lipinski definition) is 1. The lowest BCUT2D eigenvalue weighted by Gasteiger charge is -2.08. The van der Waals surface area contributed by atoms with Gasteiger partial charge in [-0.05, 0) is 18.2 Å². The van der Waals surface area contributed by atoms with E-state index >= 15 is 0 Å². The number of pyridine rings is 2. The zero-order valence-electron chi connectivity index (χ0n) is 7.25. The fourth-order valence-corrected chi connectivity index (χ4v) is 1.54. The molecular weight excluding hydrogens is 178 g/mol. The lowest BCUT2D eigenvalue weighted by atomic mass is 10.2. The van der Waals surface area contributed by atoms with E-state index in [0.29, 0.717) is 0 Å². The summed E-state index contributed by atoms with van der Waals surface area (Å²) in [5, 5.41) is 8.72. The van der Waals surface area contributed by atoms with Crippen molar-refractivity contribution in [3.05, 3.63) is 30.6 Å². The van der Waals surface area contributed by atoms with Crippen LogP contribution in [0.25, 0.3) is 22.4 Å². The normalized spacial score (nSPS) is 11.1. The van der Waals surface area contributed by atoms with Gasteiger partial charge in [0.25, 0.3) is 0 Å². The largest absolute Gasteiger partial charge is 0.337 e. The van der Waals surface area contributed by atoms with Crippen LogP contribution in [0.3, 0.4) is 0 Å². The Balaban J connectivity index is 2.58. The molecule has 0 saturated carbocycles. The van der Waals surface area contributed by atoms with Gasteiger partial charge in [0, 0.05) is 11.6 Å². The summed E-state index contributed by atoms with van der Waals surface area (Å²) >= 11 is 0. The number of nitrogens with zero attached hydrogens (tertiary/aromatic N) is 4.